The third kappa shape index (κ3) is 5.64. The van der Waals surface area contributed by atoms with E-state index >= 15 is 0 Å². The molecule has 3 rings (SSSR count). The van der Waals surface area contributed by atoms with E-state index in [1.165, 1.54) is 43.9 Å². The van der Waals surface area contributed by atoms with Crippen molar-refractivity contribution < 1.29 is 31.8 Å². The lowest BCUT2D eigenvalue weighted by atomic mass is 10.2. The van der Waals surface area contributed by atoms with Crippen molar-refractivity contribution in [1.82, 2.24) is 4.83 Å². The van der Waals surface area contributed by atoms with Crippen molar-refractivity contribution in [1.29, 1.82) is 0 Å². The summed E-state index contributed by atoms with van der Waals surface area (Å²) in [4.78, 5) is 14.2. The molecule has 0 aliphatic carbocycles. The zero-order valence-electron chi connectivity index (χ0n) is 16.8. The van der Waals surface area contributed by atoms with Crippen LogP contribution in [-0.2, 0) is 10.0 Å². The number of furan rings is 1. The molecule has 0 aliphatic rings. The highest BCUT2D eigenvalue weighted by atomic mass is 32.2. The molecule has 2 aromatic carbocycles. The number of nitrogens with zero attached hydrogens (tertiary/aromatic N) is 1. The van der Waals surface area contributed by atoms with Crippen molar-refractivity contribution in [3.63, 3.8) is 0 Å². The average Bonchev–Trinajstić information content (AvgIpc) is 3.30. The van der Waals surface area contributed by atoms with Crippen LogP contribution in [0.15, 0.2) is 75.3 Å². The number of hydrogen-bond acceptors (Lipinski definition) is 8. The molecule has 10 heteroatoms. The summed E-state index contributed by atoms with van der Waals surface area (Å²) in [5.74, 6) is 0.392. The molecule has 0 unspecified atom stereocenters. The molecule has 0 spiro atoms. The minimum Gasteiger partial charge on any atom is -0.494 e. The number of carbonyl (C=O) groups excluding carboxylic acids is 1. The van der Waals surface area contributed by atoms with Gasteiger partial charge in [0.05, 0.1) is 31.1 Å². The normalized spacial score (nSPS) is 11.3. The minimum absolute atomic E-state index is 0.0471. The molecular weight excluding hydrogens is 424 g/mol. The third-order valence-electron chi connectivity index (χ3n) is 3.94. The van der Waals surface area contributed by atoms with Gasteiger partial charge in [0.1, 0.15) is 5.75 Å². The van der Waals surface area contributed by atoms with E-state index in [1.807, 2.05) is 6.92 Å². The van der Waals surface area contributed by atoms with Gasteiger partial charge in [-0.25, -0.2) is 9.63 Å². The lowest BCUT2D eigenvalue weighted by Crippen LogP contribution is -2.18. The highest BCUT2D eigenvalue weighted by molar-refractivity contribution is 7.89. The van der Waals surface area contributed by atoms with E-state index < -0.39 is 16.0 Å². The molecule has 1 heterocycles. The summed E-state index contributed by atoms with van der Waals surface area (Å²) in [6.45, 7) is 2.32. The van der Waals surface area contributed by atoms with Gasteiger partial charge < -0.3 is 18.6 Å². The molecule has 0 saturated carbocycles. The minimum atomic E-state index is -3.84. The summed E-state index contributed by atoms with van der Waals surface area (Å²) in [5, 5.41) is 3.78. The van der Waals surface area contributed by atoms with Crippen molar-refractivity contribution in [2.75, 3.05) is 13.7 Å². The van der Waals surface area contributed by atoms with Gasteiger partial charge >= 0.3 is 5.97 Å². The quantitative estimate of drug-likeness (QED) is 0.233. The smallest absolute Gasteiger partial charge is 0.379 e. The van der Waals surface area contributed by atoms with Crippen molar-refractivity contribution in [2.24, 2.45) is 5.10 Å². The first-order chi connectivity index (χ1) is 14.9. The number of carbonyl (C=O) groups is 1. The van der Waals surface area contributed by atoms with E-state index in [1.54, 1.807) is 30.3 Å². The monoisotopic (exact) mass is 444 g/mol. The number of esters is 1. The van der Waals surface area contributed by atoms with E-state index in [2.05, 4.69) is 9.93 Å². The summed E-state index contributed by atoms with van der Waals surface area (Å²) in [7, 11) is -2.43. The maximum Gasteiger partial charge on any atom is 0.379 e. The molecule has 162 valence electrons. The van der Waals surface area contributed by atoms with Gasteiger partial charge in [-0.3, -0.25) is 0 Å². The average molecular weight is 444 g/mol. The van der Waals surface area contributed by atoms with Crippen LogP contribution in [0, 0.1) is 0 Å². The molecule has 0 saturated heterocycles. The zero-order valence-corrected chi connectivity index (χ0v) is 17.6. The van der Waals surface area contributed by atoms with E-state index in [0.29, 0.717) is 17.9 Å². The SMILES string of the molecule is CCOc1ccc(S(=O)(=O)NN=Cc2ccc(OC(=O)c3ccco3)c(OC)c2)cc1. The Morgan fingerprint density at radius 2 is 1.90 bits per heavy atom. The number of sulfonamides is 1. The Morgan fingerprint density at radius 3 is 2.55 bits per heavy atom. The number of methoxy groups -OCH3 is 1. The molecule has 0 bridgehead atoms. The van der Waals surface area contributed by atoms with Crippen LogP contribution in [-0.4, -0.2) is 34.3 Å². The van der Waals surface area contributed by atoms with Gasteiger partial charge in [-0.1, -0.05) is 0 Å². The number of hydrogen-bond donors (Lipinski definition) is 1. The summed E-state index contributed by atoms with van der Waals surface area (Å²) < 4.78 is 45.5. The van der Waals surface area contributed by atoms with Crippen molar-refractivity contribution in [2.45, 2.75) is 11.8 Å². The van der Waals surface area contributed by atoms with Gasteiger partial charge in [0, 0.05) is 0 Å². The second-order valence-electron chi connectivity index (χ2n) is 6.03. The number of ether oxygens (including phenoxy) is 3. The number of benzene rings is 2. The first-order valence-corrected chi connectivity index (χ1v) is 10.6. The second kappa shape index (κ2) is 9.81. The molecule has 9 nitrogen and oxygen atoms in total. The van der Waals surface area contributed by atoms with E-state index in [-0.39, 0.29) is 22.2 Å². The summed E-state index contributed by atoms with van der Waals surface area (Å²) in [6.07, 6.45) is 2.66. The second-order valence-corrected chi connectivity index (χ2v) is 7.70. The van der Waals surface area contributed by atoms with Gasteiger partial charge in [-0.05, 0) is 67.1 Å². The van der Waals surface area contributed by atoms with Crippen LogP contribution < -0.4 is 19.0 Å². The van der Waals surface area contributed by atoms with E-state index in [9.17, 15) is 13.2 Å². The van der Waals surface area contributed by atoms with Crippen molar-refractivity contribution >= 4 is 22.2 Å². The van der Waals surface area contributed by atoms with Crippen LogP contribution >= 0.6 is 0 Å². The van der Waals surface area contributed by atoms with Crippen LogP contribution in [0.2, 0.25) is 0 Å². The fourth-order valence-corrected chi connectivity index (χ4v) is 3.29. The topological polar surface area (TPSA) is 116 Å². The molecule has 0 fully saturated rings. The first-order valence-electron chi connectivity index (χ1n) is 9.14. The molecule has 0 aliphatic heterocycles. The van der Waals surface area contributed by atoms with Gasteiger partial charge in [-0.2, -0.15) is 13.5 Å². The number of nitrogens with one attached hydrogen (secondary N) is 1. The van der Waals surface area contributed by atoms with Crippen molar-refractivity contribution in [3.8, 4) is 17.2 Å². The Bertz CT molecular complexity index is 1150. The first kappa shape index (κ1) is 21.9. The van der Waals surface area contributed by atoms with Gasteiger partial charge in [0.2, 0.25) is 5.76 Å². The standard InChI is InChI=1S/C21H20N2O7S/c1-3-28-16-7-9-17(10-8-16)31(25,26)23-22-14-15-6-11-18(20(13-15)27-2)30-21(24)19-5-4-12-29-19/h4-14,23H,3H2,1-2H3. The van der Waals surface area contributed by atoms with Crippen LogP contribution in [0.4, 0.5) is 0 Å². The third-order valence-corrected chi connectivity index (χ3v) is 5.18. The lowest BCUT2D eigenvalue weighted by molar-refractivity contribution is 0.0696. The molecule has 0 atom stereocenters. The Kier molecular flexibility index (Phi) is 6.93. The van der Waals surface area contributed by atoms with E-state index in [0.717, 1.165) is 0 Å². The Labute approximate surface area is 179 Å². The molecule has 1 N–H and O–H groups in total. The molecular formula is C21H20N2O7S. The summed E-state index contributed by atoms with van der Waals surface area (Å²) in [6, 6.07) is 13.7. The molecule has 0 amide bonds. The fraction of sp³-hybridized carbons (Fsp3) is 0.143. The Balaban J connectivity index is 1.68. The Hall–Kier alpha value is -3.79. The maximum atomic E-state index is 12.3. The van der Waals surface area contributed by atoms with Crippen molar-refractivity contribution in [3.05, 3.63) is 72.2 Å². The Morgan fingerprint density at radius 1 is 1.13 bits per heavy atom. The maximum absolute atomic E-state index is 12.3. The van der Waals surface area contributed by atoms with Gasteiger partial charge in [0.25, 0.3) is 10.0 Å². The molecule has 31 heavy (non-hydrogen) atoms. The summed E-state index contributed by atoms with van der Waals surface area (Å²) >= 11 is 0. The van der Waals surface area contributed by atoms with Crippen LogP contribution in [0.3, 0.4) is 0 Å². The van der Waals surface area contributed by atoms with Crippen LogP contribution in [0.1, 0.15) is 23.0 Å². The van der Waals surface area contributed by atoms with Gasteiger partial charge in [-0.15, -0.1) is 0 Å². The van der Waals surface area contributed by atoms with Crippen LogP contribution in [0.5, 0.6) is 17.2 Å². The number of rotatable bonds is 9. The zero-order chi connectivity index (χ0) is 22.3. The van der Waals surface area contributed by atoms with Gasteiger partial charge in [0.15, 0.2) is 11.5 Å². The van der Waals surface area contributed by atoms with E-state index in [4.69, 9.17) is 18.6 Å². The highest BCUT2D eigenvalue weighted by Crippen LogP contribution is 2.28. The highest BCUT2D eigenvalue weighted by Gasteiger charge is 2.15. The summed E-state index contributed by atoms with van der Waals surface area (Å²) in [5.41, 5.74) is 0.518. The predicted octanol–water partition coefficient (Wildman–Crippen LogP) is 3.22. The number of hydrazone groups is 1. The fourth-order valence-electron chi connectivity index (χ4n) is 2.50. The predicted molar refractivity (Wildman–Crippen MR) is 112 cm³/mol. The largest absolute Gasteiger partial charge is 0.494 e. The molecule has 0 radical (unpaired) electrons. The van der Waals surface area contributed by atoms with Crippen LogP contribution in [0.25, 0.3) is 0 Å². The molecule has 1 aromatic heterocycles. The lowest BCUT2D eigenvalue weighted by Gasteiger charge is -2.09. The molecule has 3 aromatic rings.